The number of nitrogens with two attached hydrogens (primary N) is 1. The van der Waals surface area contributed by atoms with Crippen LogP contribution in [0.3, 0.4) is 0 Å². The maximum atomic E-state index is 11.8. The van der Waals surface area contributed by atoms with E-state index >= 15 is 0 Å². The van der Waals surface area contributed by atoms with Crippen LogP contribution in [0.5, 0.6) is 0 Å². The van der Waals surface area contributed by atoms with Gasteiger partial charge in [-0.05, 0) is 24.6 Å². The summed E-state index contributed by atoms with van der Waals surface area (Å²) in [6, 6.07) is 6.91. The zero-order chi connectivity index (χ0) is 15.6. The molecule has 1 aromatic heterocycles. The molecule has 0 bridgehead atoms. The minimum Gasteiger partial charge on any atom is -0.384 e. The maximum absolute atomic E-state index is 11.8. The molecular formula is C13H11ClN4O3. The van der Waals surface area contributed by atoms with E-state index in [0.717, 1.165) is 10.2 Å². The highest BCUT2D eigenvalue weighted by molar-refractivity contribution is 6.33. The van der Waals surface area contributed by atoms with Crippen LogP contribution in [0, 0.1) is 17.0 Å². The first kappa shape index (κ1) is 14.7. The molecule has 0 unspecified atom stereocenters. The number of halogens is 1. The lowest BCUT2D eigenvalue weighted by Crippen LogP contribution is -2.19. The average molecular weight is 307 g/mol. The number of aromatic nitrogens is 1. The van der Waals surface area contributed by atoms with Crippen LogP contribution in [-0.2, 0) is 0 Å². The summed E-state index contributed by atoms with van der Waals surface area (Å²) in [5, 5.41) is 14.9. The van der Waals surface area contributed by atoms with E-state index in [-0.39, 0.29) is 16.5 Å². The first-order valence-corrected chi connectivity index (χ1v) is 6.24. The van der Waals surface area contributed by atoms with Gasteiger partial charge in [0.05, 0.1) is 11.1 Å². The van der Waals surface area contributed by atoms with Gasteiger partial charge in [0.1, 0.15) is 5.82 Å². The lowest BCUT2D eigenvalue weighted by molar-refractivity contribution is -0.384. The predicted molar refractivity (Wildman–Crippen MR) is 80.9 cm³/mol. The van der Waals surface area contributed by atoms with Crippen molar-refractivity contribution in [3.8, 4) is 0 Å². The molecule has 0 amide bonds. The highest BCUT2D eigenvalue weighted by atomic mass is 35.5. The van der Waals surface area contributed by atoms with Crippen LogP contribution < -0.4 is 11.3 Å². The fraction of sp³-hybridized carbons (Fsp3) is 0.0769. The van der Waals surface area contributed by atoms with Crippen molar-refractivity contribution in [2.24, 2.45) is 5.10 Å². The Morgan fingerprint density at radius 1 is 1.38 bits per heavy atom. The molecule has 0 saturated heterocycles. The molecule has 7 nitrogen and oxygen atoms in total. The maximum Gasteiger partial charge on any atom is 0.273 e. The number of anilines is 1. The number of non-ortho nitro benzene ring substituents is 1. The van der Waals surface area contributed by atoms with Gasteiger partial charge in [0.2, 0.25) is 0 Å². The number of nitrogens with zero attached hydrogens (tertiary/aromatic N) is 3. The summed E-state index contributed by atoms with van der Waals surface area (Å²) in [7, 11) is 0. The summed E-state index contributed by atoms with van der Waals surface area (Å²) >= 11 is 5.94. The van der Waals surface area contributed by atoms with Crippen molar-refractivity contribution in [1.29, 1.82) is 0 Å². The Bertz CT molecular complexity index is 798. The molecule has 0 radical (unpaired) electrons. The van der Waals surface area contributed by atoms with Crippen LogP contribution in [0.25, 0.3) is 0 Å². The summed E-state index contributed by atoms with van der Waals surface area (Å²) in [6.07, 6.45) is 1.25. The number of benzene rings is 1. The third-order valence-corrected chi connectivity index (χ3v) is 3.03. The molecule has 1 aromatic carbocycles. The van der Waals surface area contributed by atoms with Crippen molar-refractivity contribution in [2.75, 3.05) is 5.73 Å². The van der Waals surface area contributed by atoms with Crippen LogP contribution in [0.2, 0.25) is 5.02 Å². The molecule has 0 aliphatic rings. The molecule has 0 fully saturated rings. The van der Waals surface area contributed by atoms with Gasteiger partial charge in [-0.15, -0.1) is 0 Å². The lowest BCUT2D eigenvalue weighted by Gasteiger charge is -2.04. The lowest BCUT2D eigenvalue weighted by atomic mass is 10.2. The molecule has 0 aliphatic heterocycles. The summed E-state index contributed by atoms with van der Waals surface area (Å²) in [5.41, 5.74) is 6.23. The SMILES string of the molecule is Cc1cc(N)n(N=Cc2cc([N+](=O)[O-])ccc2Cl)c(=O)c1. The number of pyridine rings is 1. The fourth-order valence-corrected chi connectivity index (χ4v) is 1.87. The molecule has 8 heteroatoms. The number of aryl methyl sites for hydroxylation is 1. The molecule has 2 aromatic rings. The van der Waals surface area contributed by atoms with Crippen LogP contribution in [-0.4, -0.2) is 15.8 Å². The van der Waals surface area contributed by atoms with Gasteiger partial charge < -0.3 is 5.73 Å². The van der Waals surface area contributed by atoms with E-state index in [1.54, 1.807) is 13.0 Å². The largest absolute Gasteiger partial charge is 0.384 e. The highest BCUT2D eigenvalue weighted by Crippen LogP contribution is 2.20. The van der Waals surface area contributed by atoms with E-state index in [0.29, 0.717) is 5.56 Å². The van der Waals surface area contributed by atoms with Crippen molar-refractivity contribution < 1.29 is 4.92 Å². The van der Waals surface area contributed by atoms with E-state index in [4.69, 9.17) is 17.3 Å². The molecule has 108 valence electrons. The first-order chi connectivity index (χ1) is 9.88. The van der Waals surface area contributed by atoms with Gasteiger partial charge in [-0.2, -0.15) is 9.78 Å². The predicted octanol–water partition coefficient (Wildman–Crippen LogP) is 2.18. The quantitative estimate of drug-likeness (QED) is 0.533. The molecule has 0 spiro atoms. The van der Waals surface area contributed by atoms with Crippen molar-refractivity contribution in [2.45, 2.75) is 6.92 Å². The van der Waals surface area contributed by atoms with E-state index in [1.165, 1.54) is 30.5 Å². The van der Waals surface area contributed by atoms with E-state index in [2.05, 4.69) is 5.10 Å². The van der Waals surface area contributed by atoms with Crippen LogP contribution >= 0.6 is 11.6 Å². The van der Waals surface area contributed by atoms with Gasteiger partial charge in [0.25, 0.3) is 11.2 Å². The third kappa shape index (κ3) is 3.26. The third-order valence-electron chi connectivity index (χ3n) is 2.68. The number of hydrogen-bond acceptors (Lipinski definition) is 5. The smallest absolute Gasteiger partial charge is 0.273 e. The van der Waals surface area contributed by atoms with Crippen LogP contribution in [0.1, 0.15) is 11.1 Å². The Hall–Kier alpha value is -2.67. The Labute approximate surface area is 124 Å². The highest BCUT2D eigenvalue weighted by Gasteiger charge is 2.08. The van der Waals surface area contributed by atoms with E-state index < -0.39 is 10.5 Å². The second-order valence-electron chi connectivity index (χ2n) is 4.32. The minimum absolute atomic E-state index is 0.120. The van der Waals surface area contributed by atoms with Gasteiger partial charge >= 0.3 is 0 Å². The van der Waals surface area contributed by atoms with Crippen molar-refractivity contribution >= 4 is 29.3 Å². The Morgan fingerprint density at radius 2 is 2.10 bits per heavy atom. The standard InChI is InChI=1S/C13H11ClN4O3/c1-8-4-12(15)17(13(19)5-8)16-7-9-6-10(18(20)21)2-3-11(9)14/h2-7H,15H2,1H3. The Balaban J connectivity index is 2.45. The van der Waals surface area contributed by atoms with Crippen LogP contribution in [0.4, 0.5) is 11.5 Å². The summed E-state index contributed by atoms with van der Waals surface area (Å²) < 4.78 is 0.988. The van der Waals surface area contributed by atoms with Gasteiger partial charge in [0, 0.05) is 28.8 Å². The first-order valence-electron chi connectivity index (χ1n) is 5.86. The normalized spacial score (nSPS) is 11.0. The summed E-state index contributed by atoms with van der Waals surface area (Å²) in [6.45, 7) is 1.74. The zero-order valence-electron chi connectivity index (χ0n) is 11.0. The molecule has 21 heavy (non-hydrogen) atoms. The number of rotatable bonds is 3. The molecule has 0 saturated carbocycles. The molecule has 2 N–H and O–H groups in total. The van der Waals surface area contributed by atoms with E-state index in [1.807, 2.05) is 0 Å². The number of nitro groups is 1. The van der Waals surface area contributed by atoms with Gasteiger partial charge in [-0.25, -0.2) is 0 Å². The second kappa shape index (κ2) is 5.76. The average Bonchev–Trinajstić information content (AvgIpc) is 2.39. The minimum atomic E-state index is -0.542. The monoisotopic (exact) mass is 306 g/mol. The fourth-order valence-electron chi connectivity index (χ4n) is 1.71. The number of nitrogen functional groups attached to an aromatic ring is 1. The van der Waals surface area contributed by atoms with Gasteiger partial charge in [-0.1, -0.05) is 11.6 Å². The van der Waals surface area contributed by atoms with Gasteiger partial charge in [-0.3, -0.25) is 14.9 Å². The molecule has 2 rings (SSSR count). The molecule has 0 atom stereocenters. The molecule has 0 aliphatic carbocycles. The van der Waals surface area contributed by atoms with E-state index in [9.17, 15) is 14.9 Å². The number of nitro benzene ring substituents is 1. The molecular weight excluding hydrogens is 296 g/mol. The van der Waals surface area contributed by atoms with Crippen LogP contribution in [0.15, 0.2) is 40.2 Å². The molecule has 1 heterocycles. The Kier molecular flexibility index (Phi) is 4.04. The Morgan fingerprint density at radius 3 is 2.71 bits per heavy atom. The van der Waals surface area contributed by atoms with Crippen molar-refractivity contribution in [3.05, 3.63) is 66.9 Å². The topological polar surface area (TPSA) is 104 Å². The summed E-state index contributed by atoms with van der Waals surface area (Å²) in [4.78, 5) is 22.0. The van der Waals surface area contributed by atoms with Crippen molar-refractivity contribution in [3.63, 3.8) is 0 Å². The zero-order valence-corrected chi connectivity index (χ0v) is 11.7. The van der Waals surface area contributed by atoms with Crippen molar-refractivity contribution in [1.82, 2.24) is 4.68 Å². The summed E-state index contributed by atoms with van der Waals surface area (Å²) in [5.74, 6) is 0.165. The number of hydrogen-bond donors (Lipinski definition) is 1. The second-order valence-corrected chi connectivity index (χ2v) is 4.72. The van der Waals surface area contributed by atoms with Gasteiger partial charge in [0.15, 0.2) is 0 Å².